The molecular formula is C17H26I4O4Sm2. The summed E-state index contributed by atoms with van der Waals surface area (Å²) in [5.74, 6) is -0.806. The van der Waals surface area contributed by atoms with Crippen LogP contribution >= 0.6 is 57.2 Å². The Hall–Kier alpha value is 4.47. The fourth-order valence-corrected chi connectivity index (χ4v) is 3.63. The van der Waals surface area contributed by atoms with Crippen LogP contribution in [0.5, 0.6) is 0 Å². The average Bonchev–Trinajstić information content (AvgIpc) is 2.54. The molecule has 4 nitrogen and oxygen atoms in total. The summed E-state index contributed by atoms with van der Waals surface area (Å²) in [5.41, 5.74) is -0.328. The Morgan fingerprint density at radius 3 is 2.30 bits per heavy atom. The molecule has 0 saturated heterocycles. The van der Waals surface area contributed by atoms with Crippen molar-refractivity contribution in [2.24, 2.45) is 11.8 Å². The van der Waals surface area contributed by atoms with E-state index >= 15 is 0 Å². The van der Waals surface area contributed by atoms with Gasteiger partial charge in [-0.1, -0.05) is 11.6 Å². The predicted molar refractivity (Wildman–Crippen MR) is 137 cm³/mol. The average molecular weight is 1100 g/mol. The second-order valence-corrected chi connectivity index (χ2v) is 45.9. The fourth-order valence-electron chi connectivity index (χ4n) is 3.63. The fraction of sp³-hybridized carbons (Fsp3) is 0.706. The Labute approximate surface area is 227 Å². The number of aliphatic hydroxyl groups is 2. The van der Waals surface area contributed by atoms with Gasteiger partial charge in [0.15, 0.2) is 0 Å². The summed E-state index contributed by atoms with van der Waals surface area (Å²) in [7, 11) is 0. The van der Waals surface area contributed by atoms with Crippen LogP contribution in [-0.2, 0) is 9.53 Å². The Bertz CT molecular complexity index is 532. The number of hydrogen-bond acceptors (Lipinski definition) is 4. The van der Waals surface area contributed by atoms with Crippen LogP contribution in [0.4, 0.5) is 0 Å². The zero-order chi connectivity index (χ0) is 21.3. The molecular weight excluding hydrogens is 1080 g/mol. The van der Waals surface area contributed by atoms with Crippen LogP contribution in [-0.4, -0.2) is 34.0 Å². The third-order valence-corrected chi connectivity index (χ3v) is 4.60. The van der Waals surface area contributed by atoms with Gasteiger partial charge >= 0.3 is 114 Å². The molecule has 3 atom stereocenters. The first-order valence-electron chi connectivity index (χ1n) is 8.32. The van der Waals surface area contributed by atoms with Crippen LogP contribution in [0.25, 0.3) is 0 Å². The molecule has 10 heteroatoms. The van der Waals surface area contributed by atoms with E-state index in [1.807, 2.05) is 13.0 Å². The van der Waals surface area contributed by atoms with E-state index in [0.29, 0.717) is 18.6 Å². The quantitative estimate of drug-likeness (QED) is 0.274. The SMILES string of the molecule is CCOC(=O)C1=C[C@H](C(C)(C)O)[C@@H]2C(=C1)CCC[C@@]2(C)O.[I][Sm][I].[I][Sm][I]. The summed E-state index contributed by atoms with van der Waals surface area (Å²) in [4.78, 5) is 12.0. The minimum absolute atomic E-state index is 0.149. The summed E-state index contributed by atoms with van der Waals surface area (Å²) in [5, 5.41) is 21.2. The molecule has 0 radical (unpaired) electrons. The van der Waals surface area contributed by atoms with E-state index in [-0.39, 0.29) is 68.7 Å². The molecule has 0 amide bonds. The molecule has 1 fully saturated rings. The first-order valence-corrected chi connectivity index (χ1v) is 38.4. The number of carbonyl (C=O) groups is 1. The molecule has 0 aromatic carbocycles. The Morgan fingerprint density at radius 1 is 1.33 bits per heavy atom. The molecule has 0 aliphatic heterocycles. The van der Waals surface area contributed by atoms with Gasteiger partial charge in [-0.25, -0.2) is 4.79 Å². The van der Waals surface area contributed by atoms with Crippen molar-refractivity contribution in [3.63, 3.8) is 0 Å². The van der Waals surface area contributed by atoms with Crippen LogP contribution < -0.4 is 0 Å². The maximum atomic E-state index is 12.0. The minimum atomic E-state index is -1.01. The second-order valence-electron chi connectivity index (χ2n) is 7.05. The Kier molecular flexibility index (Phi) is 18.8. The summed E-state index contributed by atoms with van der Waals surface area (Å²) >= 11 is 10.1. The van der Waals surface area contributed by atoms with E-state index in [9.17, 15) is 15.0 Å². The van der Waals surface area contributed by atoms with Gasteiger partial charge in [0.25, 0.3) is 0 Å². The van der Waals surface area contributed by atoms with Crippen molar-refractivity contribution in [1.82, 2.24) is 0 Å². The van der Waals surface area contributed by atoms with Crippen LogP contribution in [0.2, 0.25) is 0 Å². The van der Waals surface area contributed by atoms with Gasteiger partial charge in [-0.3, -0.25) is 0 Å². The Morgan fingerprint density at radius 2 is 1.85 bits per heavy atom. The van der Waals surface area contributed by atoms with Gasteiger partial charge in [-0.05, 0) is 53.0 Å². The van der Waals surface area contributed by atoms with E-state index < -0.39 is 11.2 Å². The number of esters is 1. The topological polar surface area (TPSA) is 66.8 Å². The monoisotopic (exact) mass is 1110 g/mol. The molecule has 0 unspecified atom stereocenters. The summed E-state index contributed by atoms with van der Waals surface area (Å²) < 4.78 is 5.08. The van der Waals surface area contributed by atoms with Crippen molar-refractivity contribution in [3.8, 4) is 0 Å². The number of ether oxygens (including phenoxy) is 1. The molecule has 2 aliphatic carbocycles. The summed E-state index contributed by atoms with van der Waals surface area (Å²) in [6, 6.07) is 0. The standard InChI is InChI=1S/C17H26O4.4HI.2Sm/c1-5-21-15(18)12-9-11-7-6-8-17(4,20)14(11)13(10-12)16(2,3)19;;;;;;/h9-10,13-14,19-20H,5-8H2,1-4H3;4*1H;;/q;;;;;2*+2/p-4/t13-,14-,17+;;;;;;/m0....../s1. The van der Waals surface area contributed by atoms with Crippen LogP contribution in [0.1, 0.15) is 47.0 Å². The first kappa shape index (κ1) is 31.5. The van der Waals surface area contributed by atoms with Crippen molar-refractivity contribution >= 4 is 63.1 Å². The summed E-state index contributed by atoms with van der Waals surface area (Å²) in [6.45, 7) is 7.38. The zero-order valence-electron chi connectivity index (χ0n) is 15.7. The number of fused-ring (bicyclic) bond motifs is 1. The van der Waals surface area contributed by atoms with Crippen molar-refractivity contribution < 1.29 is 70.7 Å². The number of halogens is 4. The second kappa shape index (κ2) is 16.2. The molecule has 0 aromatic heterocycles. The molecule has 0 bridgehead atoms. The molecule has 1 saturated carbocycles. The molecule has 27 heavy (non-hydrogen) atoms. The van der Waals surface area contributed by atoms with E-state index in [0.717, 1.165) is 18.4 Å². The van der Waals surface area contributed by atoms with E-state index in [1.54, 1.807) is 26.8 Å². The van der Waals surface area contributed by atoms with Crippen LogP contribution in [0.3, 0.4) is 0 Å². The van der Waals surface area contributed by atoms with Gasteiger partial charge in [-0.15, -0.1) is 0 Å². The van der Waals surface area contributed by atoms with E-state index in [4.69, 9.17) is 4.74 Å². The normalized spacial score (nSPS) is 26.9. The number of hydrogen-bond donors (Lipinski definition) is 2. The number of rotatable bonds is 3. The van der Waals surface area contributed by atoms with Crippen molar-refractivity contribution in [2.45, 2.75) is 58.2 Å². The zero-order valence-corrected chi connectivity index (χ0v) is 29.5. The van der Waals surface area contributed by atoms with E-state index in [1.165, 1.54) is 0 Å². The Balaban J connectivity index is 0.000000997. The van der Waals surface area contributed by atoms with Gasteiger partial charge in [0.2, 0.25) is 0 Å². The predicted octanol–water partition coefficient (Wildman–Crippen LogP) is 5.90. The summed E-state index contributed by atoms with van der Waals surface area (Å²) in [6.07, 6.45) is 6.07. The molecule has 2 N–H and O–H groups in total. The van der Waals surface area contributed by atoms with Gasteiger partial charge in [0.1, 0.15) is 0 Å². The van der Waals surface area contributed by atoms with E-state index in [2.05, 4.69) is 57.2 Å². The molecule has 0 spiro atoms. The van der Waals surface area contributed by atoms with Crippen molar-refractivity contribution in [1.29, 1.82) is 0 Å². The van der Waals surface area contributed by atoms with Gasteiger partial charge < -0.3 is 14.9 Å². The van der Waals surface area contributed by atoms with Gasteiger partial charge in [-0.2, -0.15) is 0 Å². The maximum absolute atomic E-state index is 12.0. The third-order valence-electron chi connectivity index (χ3n) is 4.60. The molecule has 0 heterocycles. The molecule has 2 aliphatic rings. The third kappa shape index (κ3) is 11.4. The molecule has 158 valence electrons. The first-order chi connectivity index (χ1) is 12.5. The van der Waals surface area contributed by atoms with Gasteiger partial charge in [0.05, 0.1) is 23.4 Å². The van der Waals surface area contributed by atoms with Crippen LogP contribution in [0, 0.1) is 62.8 Å². The van der Waals surface area contributed by atoms with Crippen molar-refractivity contribution in [3.05, 3.63) is 23.3 Å². The van der Waals surface area contributed by atoms with Crippen molar-refractivity contribution in [2.75, 3.05) is 6.61 Å². The molecule has 2 rings (SSSR count). The number of carbonyl (C=O) groups excluding carboxylic acids is 1. The van der Waals surface area contributed by atoms with Gasteiger partial charge in [0, 0.05) is 11.8 Å². The van der Waals surface area contributed by atoms with Crippen LogP contribution in [0.15, 0.2) is 23.3 Å². The molecule has 0 aromatic rings.